The van der Waals surface area contributed by atoms with Crippen LogP contribution in [0.5, 0.6) is 0 Å². The summed E-state index contributed by atoms with van der Waals surface area (Å²) in [7, 11) is 1.57. The topological polar surface area (TPSA) is 68.6 Å². The number of hydrogen-bond donors (Lipinski definition) is 1. The van der Waals surface area contributed by atoms with Crippen molar-refractivity contribution in [3.63, 3.8) is 0 Å². The Morgan fingerprint density at radius 1 is 1.13 bits per heavy atom. The molecule has 1 fully saturated rings. The number of ether oxygens (including phenoxy) is 1. The van der Waals surface area contributed by atoms with Crippen LogP contribution < -0.4 is 10.2 Å². The van der Waals surface area contributed by atoms with Crippen molar-refractivity contribution in [2.24, 2.45) is 0 Å². The van der Waals surface area contributed by atoms with E-state index >= 15 is 8.78 Å². The predicted octanol–water partition coefficient (Wildman–Crippen LogP) is 6.71. The van der Waals surface area contributed by atoms with Crippen LogP contribution in [0, 0.1) is 23.0 Å². The molecular formula is C30H29ClF2N4O2. The summed E-state index contributed by atoms with van der Waals surface area (Å²) in [5, 5.41) is 12.4. The number of rotatable bonds is 3. The fourth-order valence-electron chi connectivity index (χ4n) is 5.73. The Hall–Kier alpha value is -3.83. The number of halogens is 3. The van der Waals surface area contributed by atoms with E-state index in [1.54, 1.807) is 11.9 Å². The van der Waals surface area contributed by atoms with Crippen LogP contribution in [-0.4, -0.2) is 43.3 Å². The van der Waals surface area contributed by atoms with Gasteiger partial charge >= 0.3 is 6.09 Å². The van der Waals surface area contributed by atoms with Crippen molar-refractivity contribution in [2.45, 2.75) is 38.3 Å². The van der Waals surface area contributed by atoms with Crippen molar-refractivity contribution in [3.8, 4) is 17.2 Å². The summed E-state index contributed by atoms with van der Waals surface area (Å²) in [6.45, 7) is 6.47. The number of benzene rings is 3. The van der Waals surface area contributed by atoms with Crippen molar-refractivity contribution >= 4 is 29.1 Å². The lowest BCUT2D eigenvalue weighted by atomic mass is 9.82. The minimum Gasteiger partial charge on any atom is -0.444 e. The van der Waals surface area contributed by atoms with Gasteiger partial charge in [0.05, 0.1) is 34.4 Å². The van der Waals surface area contributed by atoms with Crippen LogP contribution in [0.4, 0.5) is 25.0 Å². The molecule has 1 saturated heterocycles. The summed E-state index contributed by atoms with van der Waals surface area (Å²) in [6.07, 6.45) is -0.118. The van der Waals surface area contributed by atoms with Gasteiger partial charge in [-0.3, -0.25) is 0 Å². The highest BCUT2D eigenvalue weighted by molar-refractivity contribution is 6.34. The maximum absolute atomic E-state index is 15.8. The number of piperazine rings is 1. The Labute approximate surface area is 231 Å². The Kier molecular flexibility index (Phi) is 6.68. The molecule has 0 radical (unpaired) electrons. The number of fused-ring (bicyclic) bond motifs is 3. The van der Waals surface area contributed by atoms with Gasteiger partial charge in [-0.15, -0.1) is 0 Å². The maximum Gasteiger partial charge on any atom is 0.410 e. The average Bonchev–Trinajstić information content (AvgIpc) is 3.23. The van der Waals surface area contributed by atoms with E-state index in [2.05, 4.69) is 10.2 Å². The summed E-state index contributed by atoms with van der Waals surface area (Å²) < 4.78 is 37.0. The molecule has 1 unspecified atom stereocenters. The first-order valence-electron chi connectivity index (χ1n) is 12.7. The second kappa shape index (κ2) is 9.73. The largest absolute Gasteiger partial charge is 0.444 e. The van der Waals surface area contributed by atoms with Gasteiger partial charge in [0.1, 0.15) is 11.4 Å². The van der Waals surface area contributed by atoms with Gasteiger partial charge in [-0.2, -0.15) is 5.26 Å². The summed E-state index contributed by atoms with van der Waals surface area (Å²) in [4.78, 5) is 16.9. The van der Waals surface area contributed by atoms with Crippen molar-refractivity contribution < 1.29 is 18.3 Å². The van der Waals surface area contributed by atoms with Crippen LogP contribution in [0.3, 0.4) is 0 Å². The summed E-state index contributed by atoms with van der Waals surface area (Å²) >= 11 is 6.57. The third-order valence-electron chi connectivity index (χ3n) is 7.37. The minimum absolute atomic E-state index is 0.0443. The van der Waals surface area contributed by atoms with E-state index in [1.807, 2.05) is 57.2 Å². The van der Waals surface area contributed by atoms with Crippen molar-refractivity contribution in [2.75, 3.05) is 36.9 Å². The number of nitriles is 1. The molecule has 2 aliphatic rings. The Balaban J connectivity index is 1.72. The Bertz CT molecular complexity index is 1500. The molecule has 0 bridgehead atoms. The molecule has 39 heavy (non-hydrogen) atoms. The molecule has 0 spiro atoms. The molecule has 0 aliphatic carbocycles. The third-order valence-corrected chi connectivity index (χ3v) is 7.74. The molecule has 9 heteroatoms. The second-order valence-electron chi connectivity index (χ2n) is 10.9. The van der Waals surface area contributed by atoms with Gasteiger partial charge in [0.2, 0.25) is 0 Å². The first kappa shape index (κ1) is 26.8. The Morgan fingerprint density at radius 2 is 1.85 bits per heavy atom. The van der Waals surface area contributed by atoms with Gasteiger partial charge in [0.15, 0.2) is 5.82 Å². The standard InChI is InChI=1S/C30H29ClF2N4O2/c1-29(2,3)39-28(38)36-12-13-37-23-14-21(32)26(31)25(24-18(16-34)10-11-22(35-4)27(24)33)20(23)15-30(37,17-36)19-8-6-5-7-9-19/h5-11,14,35H,12-13,15,17H2,1-4H3. The van der Waals surface area contributed by atoms with Gasteiger partial charge in [-0.25, -0.2) is 13.6 Å². The molecule has 0 saturated carbocycles. The van der Waals surface area contributed by atoms with Crippen LogP contribution in [-0.2, 0) is 16.7 Å². The molecule has 5 rings (SSSR count). The molecule has 1 N–H and O–H groups in total. The molecule has 202 valence electrons. The zero-order valence-electron chi connectivity index (χ0n) is 22.2. The van der Waals surface area contributed by atoms with E-state index < -0.39 is 28.9 Å². The molecule has 2 heterocycles. The summed E-state index contributed by atoms with van der Waals surface area (Å²) in [5.74, 6) is -1.39. The number of nitrogens with zero attached hydrogens (tertiary/aromatic N) is 3. The van der Waals surface area contributed by atoms with Crippen LogP contribution >= 0.6 is 11.6 Å². The van der Waals surface area contributed by atoms with Gasteiger partial charge < -0.3 is 19.9 Å². The first-order valence-corrected chi connectivity index (χ1v) is 13.1. The van der Waals surface area contributed by atoms with Crippen molar-refractivity contribution in [3.05, 3.63) is 81.9 Å². The van der Waals surface area contributed by atoms with Gasteiger partial charge in [-0.05, 0) is 50.1 Å². The van der Waals surface area contributed by atoms with E-state index in [0.29, 0.717) is 30.8 Å². The third kappa shape index (κ3) is 4.45. The number of hydrogen-bond acceptors (Lipinski definition) is 5. The number of amides is 1. The van der Waals surface area contributed by atoms with Crippen LogP contribution in [0.1, 0.15) is 37.5 Å². The van der Waals surface area contributed by atoms with Gasteiger partial charge in [0.25, 0.3) is 0 Å². The highest BCUT2D eigenvalue weighted by Gasteiger charge is 2.51. The Morgan fingerprint density at radius 3 is 2.49 bits per heavy atom. The molecule has 3 aromatic rings. The molecule has 1 atom stereocenters. The molecular weight excluding hydrogens is 522 g/mol. The van der Waals surface area contributed by atoms with E-state index in [4.69, 9.17) is 16.3 Å². The highest BCUT2D eigenvalue weighted by Crippen LogP contribution is 2.53. The van der Waals surface area contributed by atoms with E-state index in [9.17, 15) is 10.1 Å². The number of carbonyl (C=O) groups is 1. The number of carbonyl (C=O) groups excluding carboxylic acids is 1. The molecule has 3 aromatic carbocycles. The van der Waals surface area contributed by atoms with Crippen LogP contribution in [0.15, 0.2) is 48.5 Å². The fourth-order valence-corrected chi connectivity index (χ4v) is 5.99. The molecule has 0 aromatic heterocycles. The highest BCUT2D eigenvalue weighted by atomic mass is 35.5. The maximum atomic E-state index is 15.8. The zero-order valence-corrected chi connectivity index (χ0v) is 23.0. The first-order chi connectivity index (χ1) is 18.5. The van der Waals surface area contributed by atoms with Crippen LogP contribution in [0.25, 0.3) is 11.1 Å². The lowest BCUT2D eigenvalue weighted by molar-refractivity contribution is 0.0164. The van der Waals surface area contributed by atoms with Gasteiger partial charge in [-0.1, -0.05) is 41.9 Å². The number of nitrogens with one attached hydrogen (secondary N) is 1. The monoisotopic (exact) mass is 550 g/mol. The van der Waals surface area contributed by atoms with E-state index in [0.717, 1.165) is 5.56 Å². The predicted molar refractivity (Wildman–Crippen MR) is 148 cm³/mol. The summed E-state index contributed by atoms with van der Waals surface area (Å²) in [5.41, 5.74) is 0.996. The molecule has 6 nitrogen and oxygen atoms in total. The van der Waals surface area contributed by atoms with Crippen molar-refractivity contribution in [1.82, 2.24) is 4.90 Å². The average molecular weight is 551 g/mol. The normalized spacial score (nSPS) is 18.3. The van der Waals surface area contributed by atoms with Crippen LogP contribution in [0.2, 0.25) is 5.02 Å². The van der Waals surface area contributed by atoms with Gasteiger partial charge in [0, 0.05) is 43.4 Å². The quantitative estimate of drug-likeness (QED) is 0.393. The smallest absolute Gasteiger partial charge is 0.410 e. The zero-order chi connectivity index (χ0) is 28.1. The summed E-state index contributed by atoms with van der Waals surface area (Å²) in [6, 6.07) is 16.1. The van der Waals surface area contributed by atoms with E-state index in [1.165, 1.54) is 18.2 Å². The minimum atomic E-state index is -0.783. The van der Waals surface area contributed by atoms with E-state index in [-0.39, 0.29) is 33.9 Å². The lowest BCUT2D eigenvalue weighted by Crippen LogP contribution is -2.60. The lowest BCUT2D eigenvalue weighted by Gasteiger charge is -2.48. The molecule has 2 aliphatic heterocycles. The second-order valence-corrected chi connectivity index (χ2v) is 11.3. The number of anilines is 2. The van der Waals surface area contributed by atoms with Crippen molar-refractivity contribution in [1.29, 1.82) is 5.26 Å². The molecule has 1 amide bonds. The fraction of sp³-hybridized carbons (Fsp3) is 0.333. The SMILES string of the molecule is CNc1ccc(C#N)c(-c2c(Cl)c(F)cc3c2CC2(c4ccccc4)CN(C(=O)OC(C)(C)C)CCN32)c1F.